The summed E-state index contributed by atoms with van der Waals surface area (Å²) in [5.74, 6) is 0.870. The summed E-state index contributed by atoms with van der Waals surface area (Å²) in [6.45, 7) is 7.36. The highest BCUT2D eigenvalue weighted by Gasteiger charge is 2.17. The van der Waals surface area contributed by atoms with Crippen molar-refractivity contribution >= 4 is 5.96 Å². The van der Waals surface area contributed by atoms with Crippen LogP contribution in [0.15, 0.2) is 48.0 Å². The van der Waals surface area contributed by atoms with Gasteiger partial charge in [-0.2, -0.15) is 0 Å². The maximum absolute atomic E-state index is 4.34. The van der Waals surface area contributed by atoms with Crippen LogP contribution in [0.3, 0.4) is 0 Å². The maximum atomic E-state index is 4.34. The number of aromatic nitrogens is 2. The Morgan fingerprint density at radius 2 is 2.00 bits per heavy atom. The molecule has 0 bridgehead atoms. The van der Waals surface area contributed by atoms with E-state index in [9.17, 15) is 0 Å². The smallest absolute Gasteiger partial charge is 0.191 e. The molecule has 1 aliphatic rings. The topological polar surface area (TPSA) is 57.5 Å². The van der Waals surface area contributed by atoms with E-state index < -0.39 is 0 Å². The lowest BCUT2D eigenvalue weighted by atomic mass is 10.0. The highest BCUT2D eigenvalue weighted by molar-refractivity contribution is 5.79. The molecule has 1 saturated heterocycles. The fourth-order valence-corrected chi connectivity index (χ4v) is 3.74. The molecular formula is C22H34N6. The lowest BCUT2D eigenvalue weighted by molar-refractivity contribution is 0.159. The van der Waals surface area contributed by atoms with Crippen LogP contribution in [-0.4, -0.2) is 53.1 Å². The van der Waals surface area contributed by atoms with Crippen LogP contribution in [-0.2, 0) is 13.1 Å². The van der Waals surface area contributed by atoms with Gasteiger partial charge >= 0.3 is 0 Å². The van der Waals surface area contributed by atoms with E-state index in [0.717, 1.165) is 38.1 Å². The molecule has 1 aromatic carbocycles. The van der Waals surface area contributed by atoms with Crippen molar-refractivity contribution in [2.75, 3.05) is 26.7 Å². The van der Waals surface area contributed by atoms with Gasteiger partial charge in [0.25, 0.3) is 0 Å². The molecule has 0 amide bonds. The van der Waals surface area contributed by atoms with Crippen LogP contribution < -0.4 is 10.6 Å². The minimum absolute atomic E-state index is 0.739. The van der Waals surface area contributed by atoms with Crippen molar-refractivity contribution in [2.24, 2.45) is 4.99 Å². The molecule has 6 heteroatoms. The minimum atomic E-state index is 0.739. The van der Waals surface area contributed by atoms with E-state index in [-0.39, 0.29) is 0 Å². The first-order valence-electron chi connectivity index (χ1n) is 10.5. The third kappa shape index (κ3) is 6.37. The van der Waals surface area contributed by atoms with Gasteiger partial charge in [0.15, 0.2) is 5.96 Å². The van der Waals surface area contributed by atoms with Crippen LogP contribution in [0.5, 0.6) is 0 Å². The number of likely N-dealkylation sites (tertiary alicyclic amines) is 1. The number of nitrogens with one attached hydrogen (secondary N) is 2. The summed E-state index contributed by atoms with van der Waals surface area (Å²) in [5, 5.41) is 6.85. The predicted octanol–water partition coefficient (Wildman–Crippen LogP) is 2.86. The molecule has 1 unspecified atom stereocenters. The SMILES string of the molecule is CN=C(NCCCN1CCCCC1C)NCc1ccc(Cn2ccnc2)cc1. The van der Waals surface area contributed by atoms with Gasteiger partial charge in [0, 0.05) is 51.7 Å². The lowest BCUT2D eigenvalue weighted by Gasteiger charge is -2.33. The van der Waals surface area contributed by atoms with Gasteiger partial charge in [-0.25, -0.2) is 4.98 Å². The van der Waals surface area contributed by atoms with Crippen molar-refractivity contribution in [3.8, 4) is 0 Å². The highest BCUT2D eigenvalue weighted by atomic mass is 15.2. The van der Waals surface area contributed by atoms with Gasteiger partial charge in [0.1, 0.15) is 0 Å². The number of imidazole rings is 1. The molecule has 0 saturated carbocycles. The van der Waals surface area contributed by atoms with Crippen molar-refractivity contribution in [3.63, 3.8) is 0 Å². The summed E-state index contributed by atoms with van der Waals surface area (Å²) in [5.41, 5.74) is 2.52. The van der Waals surface area contributed by atoms with Crippen molar-refractivity contribution in [2.45, 2.75) is 51.7 Å². The molecule has 2 N–H and O–H groups in total. The van der Waals surface area contributed by atoms with Gasteiger partial charge in [-0.3, -0.25) is 4.99 Å². The van der Waals surface area contributed by atoms with Gasteiger partial charge in [0.2, 0.25) is 0 Å². The van der Waals surface area contributed by atoms with Gasteiger partial charge in [-0.1, -0.05) is 30.7 Å². The summed E-state index contributed by atoms with van der Waals surface area (Å²) < 4.78 is 2.07. The summed E-state index contributed by atoms with van der Waals surface area (Å²) in [6, 6.07) is 9.43. The summed E-state index contributed by atoms with van der Waals surface area (Å²) in [6.07, 6.45) is 10.9. The molecule has 0 spiro atoms. The number of rotatable bonds is 8. The Morgan fingerprint density at radius 1 is 1.18 bits per heavy atom. The van der Waals surface area contributed by atoms with Crippen molar-refractivity contribution in [3.05, 3.63) is 54.1 Å². The second-order valence-corrected chi connectivity index (χ2v) is 7.64. The molecule has 2 heterocycles. The molecule has 3 rings (SSSR count). The zero-order chi connectivity index (χ0) is 19.6. The van der Waals surface area contributed by atoms with Crippen molar-refractivity contribution < 1.29 is 0 Å². The molecule has 0 radical (unpaired) electrons. The fraction of sp³-hybridized carbons (Fsp3) is 0.545. The average molecular weight is 383 g/mol. The molecule has 0 aliphatic carbocycles. The summed E-state index contributed by atoms with van der Waals surface area (Å²) in [4.78, 5) is 11.0. The molecule has 6 nitrogen and oxygen atoms in total. The van der Waals surface area contributed by atoms with E-state index in [1.807, 2.05) is 25.8 Å². The molecular weight excluding hydrogens is 348 g/mol. The van der Waals surface area contributed by atoms with Gasteiger partial charge in [-0.15, -0.1) is 0 Å². The Balaban J connectivity index is 1.35. The Kier molecular flexibility index (Phi) is 7.91. The molecule has 1 aliphatic heterocycles. The maximum Gasteiger partial charge on any atom is 0.191 e. The average Bonchev–Trinajstić information content (AvgIpc) is 3.23. The zero-order valence-electron chi connectivity index (χ0n) is 17.3. The van der Waals surface area contributed by atoms with Crippen LogP contribution in [0.4, 0.5) is 0 Å². The number of aliphatic imine (C=N–C) groups is 1. The van der Waals surface area contributed by atoms with Gasteiger partial charge in [0.05, 0.1) is 6.33 Å². The number of hydrogen-bond acceptors (Lipinski definition) is 3. The van der Waals surface area contributed by atoms with Crippen LogP contribution in [0.25, 0.3) is 0 Å². The Morgan fingerprint density at radius 3 is 2.71 bits per heavy atom. The van der Waals surface area contributed by atoms with E-state index in [1.165, 1.54) is 43.5 Å². The van der Waals surface area contributed by atoms with E-state index in [1.54, 1.807) is 0 Å². The van der Waals surface area contributed by atoms with E-state index in [0.29, 0.717) is 0 Å². The lowest BCUT2D eigenvalue weighted by Crippen LogP contribution is -2.41. The van der Waals surface area contributed by atoms with Gasteiger partial charge < -0.3 is 20.1 Å². The monoisotopic (exact) mass is 382 g/mol. The predicted molar refractivity (Wildman–Crippen MR) is 115 cm³/mol. The quantitative estimate of drug-likeness (QED) is 0.419. The molecule has 28 heavy (non-hydrogen) atoms. The molecule has 1 atom stereocenters. The second kappa shape index (κ2) is 10.9. The largest absolute Gasteiger partial charge is 0.356 e. The standard InChI is InChI=1S/C22H34N6/c1-19-6-3-4-13-28(19)14-5-11-25-22(23-2)26-16-20-7-9-21(10-8-20)17-27-15-12-24-18-27/h7-10,12,15,18-19H,3-6,11,13-14,16-17H2,1-2H3,(H2,23,25,26). The number of benzene rings is 1. The van der Waals surface area contributed by atoms with E-state index in [4.69, 9.17) is 0 Å². The molecule has 2 aromatic rings. The van der Waals surface area contributed by atoms with Crippen LogP contribution >= 0.6 is 0 Å². The van der Waals surface area contributed by atoms with Crippen LogP contribution in [0, 0.1) is 0 Å². The third-order valence-corrected chi connectivity index (χ3v) is 5.49. The van der Waals surface area contributed by atoms with Crippen LogP contribution in [0.1, 0.15) is 43.7 Å². The first-order valence-corrected chi connectivity index (χ1v) is 10.5. The van der Waals surface area contributed by atoms with Crippen LogP contribution in [0.2, 0.25) is 0 Å². The van der Waals surface area contributed by atoms with Gasteiger partial charge in [-0.05, 0) is 43.9 Å². The minimum Gasteiger partial charge on any atom is -0.356 e. The summed E-state index contributed by atoms with van der Waals surface area (Å²) in [7, 11) is 1.83. The first-order chi connectivity index (χ1) is 13.7. The molecule has 1 fully saturated rings. The third-order valence-electron chi connectivity index (χ3n) is 5.49. The summed E-state index contributed by atoms with van der Waals surface area (Å²) >= 11 is 0. The van der Waals surface area contributed by atoms with Crippen molar-refractivity contribution in [1.29, 1.82) is 0 Å². The fourth-order valence-electron chi connectivity index (χ4n) is 3.74. The Labute approximate surface area is 169 Å². The van der Waals surface area contributed by atoms with E-state index >= 15 is 0 Å². The van der Waals surface area contributed by atoms with E-state index in [2.05, 4.69) is 61.3 Å². The highest BCUT2D eigenvalue weighted by Crippen LogP contribution is 2.16. The first kappa shape index (κ1) is 20.4. The second-order valence-electron chi connectivity index (χ2n) is 7.64. The number of piperidine rings is 1. The Bertz CT molecular complexity index is 707. The van der Waals surface area contributed by atoms with Crippen molar-refractivity contribution in [1.82, 2.24) is 25.1 Å². The molecule has 152 valence electrons. The molecule has 1 aromatic heterocycles. The zero-order valence-corrected chi connectivity index (χ0v) is 17.3. The number of guanidine groups is 1. The Hall–Kier alpha value is -2.34. The normalized spacial score (nSPS) is 18.2. The number of hydrogen-bond donors (Lipinski definition) is 2. The number of nitrogens with zero attached hydrogens (tertiary/aromatic N) is 4.